The van der Waals surface area contributed by atoms with Gasteiger partial charge in [-0.3, -0.25) is 15.5 Å². The summed E-state index contributed by atoms with van der Waals surface area (Å²) in [4.78, 5) is 26.6. The van der Waals surface area contributed by atoms with Crippen LogP contribution >= 0.6 is 0 Å². The lowest BCUT2D eigenvalue weighted by Crippen LogP contribution is -2.36. The molecular formula is C37H43N3O6. The van der Waals surface area contributed by atoms with Gasteiger partial charge in [-0.25, -0.2) is 9.59 Å². The number of anilines is 2. The zero-order chi connectivity index (χ0) is 32.6. The van der Waals surface area contributed by atoms with Gasteiger partial charge in [-0.1, -0.05) is 72.8 Å². The zero-order valence-corrected chi connectivity index (χ0v) is 26.4. The van der Waals surface area contributed by atoms with Crippen LogP contribution in [0.4, 0.5) is 21.0 Å². The average Bonchev–Trinajstić information content (AvgIpc) is 3.05. The summed E-state index contributed by atoms with van der Waals surface area (Å²) >= 11 is 0. The number of aliphatic hydroxyl groups is 1. The van der Waals surface area contributed by atoms with E-state index in [9.17, 15) is 14.7 Å². The Labute approximate surface area is 271 Å². The van der Waals surface area contributed by atoms with Gasteiger partial charge in [0.25, 0.3) is 0 Å². The molecule has 9 heteroatoms. The van der Waals surface area contributed by atoms with Crippen molar-refractivity contribution in [2.75, 3.05) is 43.5 Å². The molecule has 0 bridgehead atoms. The number of nitrogens with zero attached hydrogens (tertiary/aromatic N) is 1. The number of carbonyl (C=O) groups is 2. The molecule has 0 saturated heterocycles. The fourth-order valence-electron chi connectivity index (χ4n) is 5.21. The minimum Gasteiger partial charge on any atom is -0.491 e. The van der Waals surface area contributed by atoms with Crippen LogP contribution in [0.3, 0.4) is 0 Å². The van der Waals surface area contributed by atoms with Crippen LogP contribution in [0.5, 0.6) is 5.75 Å². The second kappa shape index (κ2) is 18.2. The number of aliphatic hydroxyl groups excluding tert-OH is 1. The number of carbonyl (C=O) groups excluding carboxylic acids is 2. The minimum atomic E-state index is -0.711. The van der Waals surface area contributed by atoms with E-state index in [1.165, 1.54) is 0 Å². The lowest BCUT2D eigenvalue weighted by molar-refractivity contribution is 0.0647. The number of para-hydroxylation sites is 1. The molecule has 1 atom stereocenters. The van der Waals surface area contributed by atoms with Crippen LogP contribution in [0.25, 0.3) is 0 Å². The van der Waals surface area contributed by atoms with Crippen LogP contribution in [-0.4, -0.2) is 61.2 Å². The lowest BCUT2D eigenvalue weighted by atomic mass is 9.87. The molecule has 0 saturated carbocycles. The van der Waals surface area contributed by atoms with Crippen molar-refractivity contribution in [3.8, 4) is 5.75 Å². The summed E-state index contributed by atoms with van der Waals surface area (Å²) in [5, 5.41) is 16.6. The van der Waals surface area contributed by atoms with Gasteiger partial charge in [0.1, 0.15) is 18.5 Å². The molecular weight excluding hydrogens is 582 g/mol. The van der Waals surface area contributed by atoms with Crippen LogP contribution in [0.1, 0.15) is 42.9 Å². The van der Waals surface area contributed by atoms with Gasteiger partial charge in [-0.05, 0) is 79.9 Å². The van der Waals surface area contributed by atoms with Crippen molar-refractivity contribution in [1.82, 2.24) is 4.90 Å². The first-order valence-corrected chi connectivity index (χ1v) is 15.6. The van der Waals surface area contributed by atoms with Crippen molar-refractivity contribution in [3.63, 3.8) is 0 Å². The molecule has 4 aromatic rings. The monoisotopic (exact) mass is 625 g/mol. The fourth-order valence-corrected chi connectivity index (χ4v) is 5.21. The normalized spacial score (nSPS) is 11.6. The lowest BCUT2D eigenvalue weighted by Gasteiger charge is -2.28. The Bertz CT molecular complexity index is 1440. The highest BCUT2D eigenvalue weighted by atomic mass is 16.6. The summed E-state index contributed by atoms with van der Waals surface area (Å²) in [6.07, 6.45) is -1.06. The van der Waals surface area contributed by atoms with Crippen molar-refractivity contribution in [3.05, 3.63) is 126 Å². The number of hydrogen-bond acceptors (Lipinski definition) is 7. The maximum Gasteiger partial charge on any atom is 0.411 e. The maximum absolute atomic E-state index is 12.2. The molecule has 0 fully saturated rings. The van der Waals surface area contributed by atoms with E-state index in [4.69, 9.17) is 14.2 Å². The van der Waals surface area contributed by atoms with Gasteiger partial charge >= 0.3 is 12.2 Å². The van der Waals surface area contributed by atoms with Crippen LogP contribution < -0.4 is 15.4 Å². The number of ether oxygens (including phenoxy) is 3. The molecule has 3 N–H and O–H groups in total. The van der Waals surface area contributed by atoms with Gasteiger partial charge in [0.05, 0.1) is 13.2 Å². The van der Waals surface area contributed by atoms with Gasteiger partial charge in [0.2, 0.25) is 0 Å². The Morgan fingerprint density at radius 2 is 1.28 bits per heavy atom. The summed E-state index contributed by atoms with van der Waals surface area (Å²) < 4.78 is 16.0. The van der Waals surface area contributed by atoms with E-state index >= 15 is 0 Å². The SMILES string of the molecule is CCOC(=O)Nc1cccc(C(CCN(Cc2ccccc2)C[C@H](O)COc2ccccc2)c2cccc(NC(=O)OCC)c2)c1. The Kier molecular flexibility index (Phi) is 13.5. The molecule has 4 rings (SSSR count). The first-order chi connectivity index (χ1) is 22.4. The molecule has 0 aromatic heterocycles. The third kappa shape index (κ3) is 11.3. The third-order valence-electron chi connectivity index (χ3n) is 7.26. The fraction of sp³-hybridized carbons (Fsp3) is 0.297. The second-order valence-corrected chi connectivity index (χ2v) is 10.8. The molecule has 46 heavy (non-hydrogen) atoms. The molecule has 0 heterocycles. The Morgan fingerprint density at radius 1 is 0.739 bits per heavy atom. The number of benzene rings is 4. The molecule has 2 amide bonds. The molecule has 0 radical (unpaired) electrons. The summed E-state index contributed by atoms with van der Waals surface area (Å²) in [5.74, 6) is 0.604. The van der Waals surface area contributed by atoms with E-state index in [0.717, 1.165) is 16.7 Å². The van der Waals surface area contributed by atoms with E-state index in [1.54, 1.807) is 13.8 Å². The smallest absolute Gasteiger partial charge is 0.411 e. The number of amides is 2. The van der Waals surface area contributed by atoms with E-state index in [1.807, 2.05) is 97.1 Å². The summed E-state index contributed by atoms with van der Waals surface area (Å²) in [6, 6.07) is 35.0. The number of hydrogen-bond donors (Lipinski definition) is 3. The minimum absolute atomic E-state index is 0.108. The molecule has 0 aliphatic rings. The highest BCUT2D eigenvalue weighted by molar-refractivity contribution is 5.85. The Balaban J connectivity index is 1.57. The Morgan fingerprint density at radius 3 is 1.83 bits per heavy atom. The molecule has 9 nitrogen and oxygen atoms in total. The van der Waals surface area contributed by atoms with Gasteiger partial charge in [0, 0.05) is 30.4 Å². The number of rotatable bonds is 16. The van der Waals surface area contributed by atoms with Gasteiger partial charge < -0.3 is 19.3 Å². The van der Waals surface area contributed by atoms with Crippen LogP contribution in [-0.2, 0) is 16.0 Å². The molecule has 0 unspecified atom stereocenters. The van der Waals surface area contributed by atoms with Crippen LogP contribution in [0.2, 0.25) is 0 Å². The summed E-state index contributed by atoms with van der Waals surface area (Å²) in [5.41, 5.74) is 4.34. The Hall–Kier alpha value is -4.86. The maximum atomic E-state index is 12.2. The van der Waals surface area contributed by atoms with Crippen molar-refractivity contribution in [2.45, 2.75) is 38.8 Å². The predicted molar refractivity (Wildman–Crippen MR) is 180 cm³/mol. The van der Waals surface area contributed by atoms with Crippen LogP contribution in [0, 0.1) is 0 Å². The summed E-state index contributed by atoms with van der Waals surface area (Å²) in [6.45, 7) is 5.93. The number of nitrogens with one attached hydrogen (secondary N) is 2. The molecule has 0 aliphatic heterocycles. The van der Waals surface area contributed by atoms with Crippen LogP contribution in [0.15, 0.2) is 109 Å². The van der Waals surface area contributed by atoms with Gasteiger partial charge in [-0.15, -0.1) is 0 Å². The molecule has 0 spiro atoms. The van der Waals surface area contributed by atoms with E-state index in [0.29, 0.717) is 43.2 Å². The molecule has 0 aliphatic carbocycles. The quantitative estimate of drug-likeness (QED) is 0.120. The standard InChI is InChI=1S/C37H43N3O6/c1-3-44-36(42)38-31-17-11-15-29(23-31)35(30-16-12-18-32(24-30)39-37(43)45-4-2)21-22-40(25-28-13-7-5-8-14-28)26-33(41)27-46-34-19-9-6-10-20-34/h5-20,23-24,33,35,41H,3-4,21-22,25-27H2,1-2H3,(H,38,42)(H,39,43)/t33-/m0/s1. The largest absolute Gasteiger partial charge is 0.491 e. The van der Waals surface area contributed by atoms with Crippen molar-refractivity contribution in [1.29, 1.82) is 0 Å². The molecule has 242 valence electrons. The summed E-state index contributed by atoms with van der Waals surface area (Å²) in [7, 11) is 0. The average molecular weight is 626 g/mol. The van der Waals surface area contributed by atoms with Crippen molar-refractivity contribution < 1.29 is 28.9 Å². The second-order valence-electron chi connectivity index (χ2n) is 10.8. The highest BCUT2D eigenvalue weighted by Gasteiger charge is 2.20. The topological polar surface area (TPSA) is 109 Å². The van der Waals surface area contributed by atoms with E-state index < -0.39 is 18.3 Å². The van der Waals surface area contributed by atoms with Crippen molar-refractivity contribution >= 4 is 23.6 Å². The van der Waals surface area contributed by atoms with Gasteiger partial charge in [-0.2, -0.15) is 0 Å². The van der Waals surface area contributed by atoms with E-state index in [2.05, 4.69) is 27.7 Å². The zero-order valence-electron chi connectivity index (χ0n) is 26.4. The van der Waals surface area contributed by atoms with Gasteiger partial charge in [0.15, 0.2) is 0 Å². The van der Waals surface area contributed by atoms with E-state index in [-0.39, 0.29) is 25.7 Å². The molecule has 4 aromatic carbocycles. The third-order valence-corrected chi connectivity index (χ3v) is 7.26. The first kappa shape index (κ1) is 34.0. The first-order valence-electron chi connectivity index (χ1n) is 15.6. The predicted octanol–water partition coefficient (Wildman–Crippen LogP) is 7.29. The highest BCUT2D eigenvalue weighted by Crippen LogP contribution is 2.32. The van der Waals surface area contributed by atoms with Crippen molar-refractivity contribution in [2.24, 2.45) is 0 Å².